The summed E-state index contributed by atoms with van der Waals surface area (Å²) < 4.78 is 2.07. The molecule has 128 valence electrons. The molecule has 0 atom stereocenters. The molecule has 0 spiro atoms. The molecule has 1 aliphatic heterocycles. The first kappa shape index (κ1) is 16.9. The third kappa shape index (κ3) is 4.33. The highest BCUT2D eigenvalue weighted by Crippen LogP contribution is 2.11. The summed E-state index contributed by atoms with van der Waals surface area (Å²) in [6, 6.07) is 6.12. The molecule has 2 aromatic heterocycles. The summed E-state index contributed by atoms with van der Waals surface area (Å²) in [5.74, 6) is 0.113. The van der Waals surface area contributed by atoms with Crippen molar-refractivity contribution in [3.63, 3.8) is 0 Å². The molecule has 1 fully saturated rings. The molecular weight excluding hydrogens is 320 g/mol. The lowest BCUT2D eigenvalue weighted by Crippen LogP contribution is -2.48. The Kier molecular flexibility index (Phi) is 5.48. The molecule has 0 aliphatic carbocycles. The molecule has 0 radical (unpaired) electrons. The molecule has 1 saturated heterocycles. The normalized spacial score (nSPS) is 16.2. The van der Waals surface area contributed by atoms with Gasteiger partial charge in [-0.2, -0.15) is 5.10 Å². The van der Waals surface area contributed by atoms with Crippen LogP contribution in [-0.4, -0.2) is 58.2 Å². The number of carbonyl (C=O) groups excluding carboxylic acids is 1. The van der Waals surface area contributed by atoms with Crippen LogP contribution >= 0.6 is 11.3 Å². The van der Waals surface area contributed by atoms with Crippen molar-refractivity contribution in [1.29, 1.82) is 0 Å². The van der Waals surface area contributed by atoms with E-state index in [9.17, 15) is 4.79 Å². The fraction of sp³-hybridized carbons (Fsp3) is 0.444. The van der Waals surface area contributed by atoms with Gasteiger partial charge in [0.15, 0.2) is 0 Å². The number of hydrogen-bond acceptors (Lipinski definition) is 4. The Morgan fingerprint density at radius 2 is 2.04 bits per heavy atom. The first-order chi connectivity index (χ1) is 11.6. The quantitative estimate of drug-likeness (QED) is 0.782. The van der Waals surface area contributed by atoms with Gasteiger partial charge in [-0.25, -0.2) is 0 Å². The van der Waals surface area contributed by atoms with Crippen molar-refractivity contribution in [2.75, 3.05) is 32.7 Å². The summed E-state index contributed by atoms with van der Waals surface area (Å²) >= 11 is 1.65. The number of carbonyl (C=O) groups is 1. The monoisotopic (exact) mass is 344 g/mol. The first-order valence-electron chi connectivity index (χ1n) is 8.36. The van der Waals surface area contributed by atoms with Crippen LogP contribution in [-0.2, 0) is 11.3 Å². The summed E-state index contributed by atoms with van der Waals surface area (Å²) in [6.07, 6.45) is 3.60. The standard InChI is InChI=1S/C18H24N4OS/c1-15-14-16(2)22(19-15)12-9-20-7-10-21(11-8-20)18(23)6-5-17-4-3-13-24-17/h3-6,13-14H,7-12H2,1-2H3/b6-5+. The Bertz CT molecular complexity index is 697. The largest absolute Gasteiger partial charge is 0.337 e. The van der Waals surface area contributed by atoms with Gasteiger partial charge in [0.25, 0.3) is 0 Å². The summed E-state index contributed by atoms with van der Waals surface area (Å²) in [5, 5.41) is 6.52. The van der Waals surface area contributed by atoms with E-state index in [1.807, 2.05) is 35.4 Å². The molecule has 6 heteroatoms. The highest BCUT2D eigenvalue weighted by molar-refractivity contribution is 7.10. The third-order valence-corrected chi connectivity index (χ3v) is 5.19. The molecule has 0 saturated carbocycles. The van der Waals surface area contributed by atoms with Gasteiger partial charge < -0.3 is 4.90 Å². The molecular formula is C18H24N4OS. The van der Waals surface area contributed by atoms with Crippen molar-refractivity contribution < 1.29 is 4.79 Å². The molecule has 0 bridgehead atoms. The fourth-order valence-corrected chi connectivity index (χ4v) is 3.59. The van der Waals surface area contributed by atoms with Gasteiger partial charge in [0, 0.05) is 49.4 Å². The number of hydrogen-bond donors (Lipinski definition) is 0. The summed E-state index contributed by atoms with van der Waals surface area (Å²) in [7, 11) is 0. The minimum Gasteiger partial charge on any atom is -0.337 e. The molecule has 24 heavy (non-hydrogen) atoms. The second-order valence-electron chi connectivity index (χ2n) is 6.17. The van der Waals surface area contributed by atoms with Crippen molar-refractivity contribution in [3.8, 4) is 0 Å². The summed E-state index contributed by atoms with van der Waals surface area (Å²) in [5.41, 5.74) is 2.28. The van der Waals surface area contributed by atoms with E-state index in [2.05, 4.69) is 27.7 Å². The second kappa shape index (κ2) is 7.77. The van der Waals surface area contributed by atoms with Crippen molar-refractivity contribution >= 4 is 23.3 Å². The Labute approximate surface area is 147 Å². The molecule has 1 amide bonds. The Morgan fingerprint density at radius 1 is 1.25 bits per heavy atom. The van der Waals surface area contributed by atoms with Gasteiger partial charge in [0.05, 0.1) is 12.2 Å². The number of thiophene rings is 1. The van der Waals surface area contributed by atoms with Crippen LogP contribution in [0.5, 0.6) is 0 Å². The van der Waals surface area contributed by atoms with E-state index < -0.39 is 0 Å². The topological polar surface area (TPSA) is 41.4 Å². The molecule has 0 unspecified atom stereocenters. The molecule has 3 rings (SSSR count). The Morgan fingerprint density at radius 3 is 2.67 bits per heavy atom. The van der Waals surface area contributed by atoms with E-state index in [1.165, 1.54) is 5.69 Å². The highest BCUT2D eigenvalue weighted by atomic mass is 32.1. The van der Waals surface area contributed by atoms with Crippen molar-refractivity contribution in [2.45, 2.75) is 20.4 Å². The molecule has 0 aromatic carbocycles. The Hall–Kier alpha value is -1.92. The predicted octanol–water partition coefficient (Wildman–Crippen LogP) is 2.42. The van der Waals surface area contributed by atoms with Gasteiger partial charge in [-0.15, -0.1) is 11.3 Å². The lowest BCUT2D eigenvalue weighted by atomic mass is 10.3. The first-order valence-corrected chi connectivity index (χ1v) is 9.24. The van der Waals surface area contributed by atoms with Gasteiger partial charge in [-0.1, -0.05) is 6.07 Å². The van der Waals surface area contributed by atoms with Crippen LogP contribution < -0.4 is 0 Å². The number of nitrogens with zero attached hydrogens (tertiary/aromatic N) is 4. The van der Waals surface area contributed by atoms with Crippen molar-refractivity contribution in [2.24, 2.45) is 0 Å². The van der Waals surface area contributed by atoms with Gasteiger partial charge in [-0.3, -0.25) is 14.4 Å². The lowest BCUT2D eigenvalue weighted by molar-refractivity contribution is -0.127. The zero-order valence-corrected chi connectivity index (χ0v) is 15.1. The van der Waals surface area contributed by atoms with Crippen LogP contribution in [0.2, 0.25) is 0 Å². The maximum absolute atomic E-state index is 12.2. The maximum Gasteiger partial charge on any atom is 0.246 e. The average Bonchev–Trinajstić information content (AvgIpc) is 3.20. The molecule has 2 aromatic rings. The number of piperazine rings is 1. The highest BCUT2D eigenvalue weighted by Gasteiger charge is 2.19. The SMILES string of the molecule is Cc1cc(C)n(CCN2CCN(C(=O)/C=C/c3cccs3)CC2)n1. The molecule has 3 heterocycles. The fourth-order valence-electron chi connectivity index (χ4n) is 2.97. The lowest BCUT2D eigenvalue weighted by Gasteiger charge is -2.34. The summed E-state index contributed by atoms with van der Waals surface area (Å²) in [4.78, 5) is 17.7. The van der Waals surface area contributed by atoms with Gasteiger partial charge in [0.2, 0.25) is 5.91 Å². The molecule has 0 N–H and O–H groups in total. The number of amides is 1. The van der Waals surface area contributed by atoms with Crippen LogP contribution in [0.3, 0.4) is 0 Å². The second-order valence-corrected chi connectivity index (χ2v) is 7.15. The molecule has 5 nitrogen and oxygen atoms in total. The van der Waals surface area contributed by atoms with E-state index in [0.29, 0.717) is 0 Å². The Balaban J connectivity index is 1.43. The average molecular weight is 344 g/mol. The number of rotatable bonds is 5. The molecule has 1 aliphatic rings. The minimum atomic E-state index is 0.113. The van der Waals surface area contributed by atoms with Gasteiger partial charge in [-0.05, 0) is 37.4 Å². The minimum absolute atomic E-state index is 0.113. The zero-order valence-electron chi connectivity index (χ0n) is 14.3. The van der Waals surface area contributed by atoms with E-state index in [4.69, 9.17) is 0 Å². The van der Waals surface area contributed by atoms with E-state index in [1.54, 1.807) is 17.4 Å². The predicted molar refractivity (Wildman–Crippen MR) is 98.1 cm³/mol. The van der Waals surface area contributed by atoms with Gasteiger partial charge >= 0.3 is 0 Å². The third-order valence-electron chi connectivity index (χ3n) is 4.35. The van der Waals surface area contributed by atoms with Crippen LogP contribution in [0.1, 0.15) is 16.3 Å². The van der Waals surface area contributed by atoms with E-state index in [0.717, 1.165) is 49.8 Å². The number of aryl methyl sites for hydroxylation is 2. The zero-order chi connectivity index (χ0) is 16.9. The van der Waals surface area contributed by atoms with Gasteiger partial charge in [0.1, 0.15) is 0 Å². The van der Waals surface area contributed by atoms with Crippen molar-refractivity contribution in [3.05, 3.63) is 45.9 Å². The van der Waals surface area contributed by atoms with E-state index in [-0.39, 0.29) is 5.91 Å². The maximum atomic E-state index is 12.2. The number of aromatic nitrogens is 2. The van der Waals surface area contributed by atoms with Crippen LogP contribution in [0, 0.1) is 13.8 Å². The van der Waals surface area contributed by atoms with Crippen LogP contribution in [0.4, 0.5) is 0 Å². The smallest absolute Gasteiger partial charge is 0.246 e. The van der Waals surface area contributed by atoms with Crippen LogP contribution in [0.15, 0.2) is 29.7 Å². The van der Waals surface area contributed by atoms with Crippen molar-refractivity contribution in [1.82, 2.24) is 19.6 Å². The van der Waals surface area contributed by atoms with E-state index >= 15 is 0 Å². The summed E-state index contributed by atoms with van der Waals surface area (Å²) in [6.45, 7) is 9.46. The van der Waals surface area contributed by atoms with Crippen LogP contribution in [0.25, 0.3) is 6.08 Å².